The van der Waals surface area contributed by atoms with E-state index < -0.39 is 11.7 Å². The maximum Gasteiger partial charge on any atom is 0.292 e. The van der Waals surface area contributed by atoms with E-state index >= 15 is 0 Å². The predicted molar refractivity (Wildman–Crippen MR) is 60.5 cm³/mol. The quantitative estimate of drug-likeness (QED) is 0.459. The first-order chi connectivity index (χ1) is 7.69. The molecule has 1 N–H and O–H groups in total. The zero-order valence-electron chi connectivity index (χ0n) is 9.03. The first-order valence-corrected chi connectivity index (χ1v) is 4.76. The number of rotatable bonds is 5. The van der Waals surface area contributed by atoms with Gasteiger partial charge < -0.3 is 10.1 Å². The Bertz CT molecular complexity index is 412. The van der Waals surface area contributed by atoms with Gasteiger partial charge in [-0.25, -0.2) is 0 Å². The predicted octanol–water partition coefficient (Wildman–Crippen LogP) is 1.18. The first kappa shape index (κ1) is 12.0. The van der Waals surface area contributed by atoms with E-state index in [-0.39, 0.29) is 6.54 Å². The third-order valence-electron chi connectivity index (χ3n) is 1.95. The van der Waals surface area contributed by atoms with Crippen LogP contribution >= 0.6 is 0 Å². The molecule has 0 saturated carbocycles. The number of benzene rings is 1. The lowest BCUT2D eigenvalue weighted by Gasteiger charge is -2.03. The van der Waals surface area contributed by atoms with Crippen LogP contribution in [0, 0.1) is 0 Å². The number of hydrogen-bond acceptors (Lipinski definition) is 3. The number of amides is 1. The van der Waals surface area contributed by atoms with Gasteiger partial charge in [-0.15, -0.1) is 6.58 Å². The molecule has 0 aliphatic rings. The highest BCUT2D eigenvalue weighted by Crippen LogP contribution is 2.12. The molecule has 4 nitrogen and oxygen atoms in total. The topological polar surface area (TPSA) is 55.4 Å². The minimum Gasteiger partial charge on any atom is -0.497 e. The van der Waals surface area contributed by atoms with Crippen LogP contribution < -0.4 is 10.1 Å². The summed E-state index contributed by atoms with van der Waals surface area (Å²) in [6.07, 6.45) is 1.51. The number of carbonyl (C=O) groups excluding carboxylic acids is 2. The summed E-state index contributed by atoms with van der Waals surface area (Å²) in [5.41, 5.74) is 0.306. The smallest absolute Gasteiger partial charge is 0.292 e. The summed E-state index contributed by atoms with van der Waals surface area (Å²) in [6, 6.07) is 6.46. The van der Waals surface area contributed by atoms with E-state index in [1.165, 1.54) is 19.3 Å². The molecule has 1 aromatic rings. The average molecular weight is 219 g/mol. The molecule has 0 unspecified atom stereocenters. The van der Waals surface area contributed by atoms with E-state index in [2.05, 4.69) is 11.9 Å². The van der Waals surface area contributed by atoms with Crippen LogP contribution in [-0.2, 0) is 4.79 Å². The van der Waals surface area contributed by atoms with Gasteiger partial charge in [-0.05, 0) is 12.1 Å². The molecule has 1 rings (SSSR count). The van der Waals surface area contributed by atoms with Crippen molar-refractivity contribution in [1.82, 2.24) is 5.32 Å². The number of Topliss-reactive ketones (excluding diaryl/α,β-unsaturated/α-hetero) is 1. The lowest BCUT2D eigenvalue weighted by molar-refractivity contribution is -0.116. The minimum absolute atomic E-state index is 0.272. The normalized spacial score (nSPS) is 9.31. The van der Waals surface area contributed by atoms with Crippen molar-refractivity contribution < 1.29 is 14.3 Å². The van der Waals surface area contributed by atoms with Crippen molar-refractivity contribution >= 4 is 11.7 Å². The fourth-order valence-electron chi connectivity index (χ4n) is 1.14. The second-order valence-electron chi connectivity index (χ2n) is 3.06. The van der Waals surface area contributed by atoms with E-state index in [1.807, 2.05) is 0 Å². The number of ketones is 1. The number of methoxy groups -OCH3 is 1. The molecule has 0 aliphatic heterocycles. The molecule has 0 atom stereocenters. The van der Waals surface area contributed by atoms with E-state index in [0.29, 0.717) is 11.3 Å². The second kappa shape index (κ2) is 5.70. The molecule has 0 fully saturated rings. The zero-order chi connectivity index (χ0) is 12.0. The summed E-state index contributed by atoms with van der Waals surface area (Å²) >= 11 is 0. The van der Waals surface area contributed by atoms with E-state index in [0.717, 1.165) is 0 Å². The fraction of sp³-hybridized carbons (Fsp3) is 0.167. The Balaban J connectivity index is 2.79. The third-order valence-corrected chi connectivity index (χ3v) is 1.95. The summed E-state index contributed by atoms with van der Waals surface area (Å²) in [5, 5.41) is 2.42. The minimum atomic E-state index is -0.645. The van der Waals surface area contributed by atoms with Crippen molar-refractivity contribution in [2.24, 2.45) is 0 Å². The largest absolute Gasteiger partial charge is 0.497 e. The van der Waals surface area contributed by atoms with Crippen LogP contribution in [0.15, 0.2) is 36.9 Å². The van der Waals surface area contributed by atoms with Crippen molar-refractivity contribution in [3.05, 3.63) is 42.5 Å². The number of ether oxygens (including phenoxy) is 1. The maximum atomic E-state index is 11.6. The average Bonchev–Trinajstić information content (AvgIpc) is 2.35. The summed E-state index contributed by atoms with van der Waals surface area (Å²) in [5.74, 6) is -0.684. The van der Waals surface area contributed by atoms with Crippen LogP contribution in [0.3, 0.4) is 0 Å². The summed E-state index contributed by atoms with van der Waals surface area (Å²) in [7, 11) is 1.50. The van der Waals surface area contributed by atoms with Gasteiger partial charge in [0.15, 0.2) is 0 Å². The Morgan fingerprint density at radius 2 is 2.25 bits per heavy atom. The Kier molecular flexibility index (Phi) is 4.27. The van der Waals surface area contributed by atoms with Gasteiger partial charge >= 0.3 is 0 Å². The van der Waals surface area contributed by atoms with E-state index in [1.54, 1.807) is 18.2 Å². The van der Waals surface area contributed by atoms with Crippen LogP contribution in [0.1, 0.15) is 10.4 Å². The molecule has 0 radical (unpaired) electrons. The molecular weight excluding hydrogens is 206 g/mol. The lowest BCUT2D eigenvalue weighted by atomic mass is 10.1. The van der Waals surface area contributed by atoms with Gasteiger partial charge in [-0.2, -0.15) is 0 Å². The summed E-state index contributed by atoms with van der Waals surface area (Å²) in [4.78, 5) is 23.0. The molecule has 0 bridgehead atoms. The standard InChI is InChI=1S/C12H13NO3/c1-3-7-13-12(15)11(14)9-5-4-6-10(8-9)16-2/h3-6,8H,1,7H2,2H3,(H,13,15). The van der Waals surface area contributed by atoms with Crippen LogP contribution in [0.5, 0.6) is 5.75 Å². The molecule has 0 heterocycles. The van der Waals surface area contributed by atoms with Gasteiger partial charge in [0.25, 0.3) is 5.91 Å². The molecular formula is C12H13NO3. The molecule has 0 aromatic heterocycles. The molecule has 1 amide bonds. The molecule has 4 heteroatoms. The molecule has 0 aliphatic carbocycles. The maximum absolute atomic E-state index is 11.6. The number of nitrogens with one attached hydrogen (secondary N) is 1. The number of carbonyl (C=O) groups is 2. The van der Waals surface area contributed by atoms with Crippen molar-refractivity contribution in [3.63, 3.8) is 0 Å². The highest BCUT2D eigenvalue weighted by molar-refractivity contribution is 6.42. The molecule has 1 aromatic carbocycles. The van der Waals surface area contributed by atoms with Crippen molar-refractivity contribution in [2.45, 2.75) is 0 Å². The van der Waals surface area contributed by atoms with Gasteiger partial charge in [0.1, 0.15) is 5.75 Å². The Morgan fingerprint density at radius 3 is 2.88 bits per heavy atom. The SMILES string of the molecule is C=CCNC(=O)C(=O)c1cccc(OC)c1. The highest BCUT2D eigenvalue weighted by atomic mass is 16.5. The van der Waals surface area contributed by atoms with Crippen LogP contribution in [0.25, 0.3) is 0 Å². The molecule has 0 spiro atoms. The monoisotopic (exact) mass is 219 g/mol. The van der Waals surface area contributed by atoms with Gasteiger partial charge in [0, 0.05) is 12.1 Å². The van der Waals surface area contributed by atoms with Gasteiger partial charge in [-0.1, -0.05) is 18.2 Å². The Morgan fingerprint density at radius 1 is 1.50 bits per heavy atom. The summed E-state index contributed by atoms with van der Waals surface area (Å²) in [6.45, 7) is 3.72. The third kappa shape index (κ3) is 2.95. The van der Waals surface area contributed by atoms with Crippen LogP contribution in [-0.4, -0.2) is 25.3 Å². The van der Waals surface area contributed by atoms with Gasteiger partial charge in [-0.3, -0.25) is 9.59 Å². The van der Waals surface area contributed by atoms with Gasteiger partial charge in [0.2, 0.25) is 5.78 Å². The first-order valence-electron chi connectivity index (χ1n) is 4.76. The zero-order valence-corrected chi connectivity index (χ0v) is 9.03. The van der Waals surface area contributed by atoms with E-state index in [9.17, 15) is 9.59 Å². The Labute approximate surface area is 93.9 Å². The lowest BCUT2D eigenvalue weighted by Crippen LogP contribution is -2.31. The van der Waals surface area contributed by atoms with Crippen molar-refractivity contribution in [2.75, 3.05) is 13.7 Å². The molecule has 16 heavy (non-hydrogen) atoms. The number of hydrogen-bond donors (Lipinski definition) is 1. The highest BCUT2D eigenvalue weighted by Gasteiger charge is 2.15. The summed E-state index contributed by atoms with van der Waals surface area (Å²) < 4.78 is 4.97. The van der Waals surface area contributed by atoms with Crippen molar-refractivity contribution in [1.29, 1.82) is 0 Å². The molecule has 84 valence electrons. The van der Waals surface area contributed by atoms with Crippen LogP contribution in [0.2, 0.25) is 0 Å². The second-order valence-corrected chi connectivity index (χ2v) is 3.06. The van der Waals surface area contributed by atoms with Crippen LogP contribution in [0.4, 0.5) is 0 Å². The van der Waals surface area contributed by atoms with Crippen molar-refractivity contribution in [3.8, 4) is 5.75 Å². The van der Waals surface area contributed by atoms with E-state index in [4.69, 9.17) is 4.74 Å². The fourth-order valence-corrected chi connectivity index (χ4v) is 1.14. The van der Waals surface area contributed by atoms with Gasteiger partial charge in [0.05, 0.1) is 7.11 Å². The Hall–Kier alpha value is -2.10. The molecule has 0 saturated heterocycles.